The van der Waals surface area contributed by atoms with Crippen molar-refractivity contribution in [3.63, 3.8) is 0 Å². The number of benzene rings is 1. The van der Waals surface area contributed by atoms with Crippen molar-refractivity contribution in [2.75, 3.05) is 0 Å². The number of allylic oxidation sites excluding steroid dienone is 6. The van der Waals surface area contributed by atoms with Crippen LogP contribution in [-0.2, 0) is 21.7 Å². The van der Waals surface area contributed by atoms with E-state index in [1.165, 1.54) is 23.2 Å². The Hall–Kier alpha value is -0.985. The minimum atomic E-state index is -1.19. The van der Waals surface area contributed by atoms with Crippen molar-refractivity contribution in [3.05, 3.63) is 111 Å². The van der Waals surface area contributed by atoms with E-state index in [1.54, 1.807) is 24.3 Å². The number of amides is 1. The molecule has 0 bridgehead atoms. The van der Waals surface area contributed by atoms with Crippen molar-refractivity contribution < 1.29 is 26.5 Å². The Morgan fingerprint density at radius 1 is 0.912 bits per heavy atom. The third-order valence-corrected chi connectivity index (χ3v) is 9.92. The van der Waals surface area contributed by atoms with Gasteiger partial charge in [0.25, 0.3) is 0 Å². The molecule has 6 heteroatoms. The fourth-order valence-corrected chi connectivity index (χ4v) is 7.25. The van der Waals surface area contributed by atoms with Crippen LogP contribution in [-0.4, -0.2) is 33.0 Å². The molecule has 0 saturated heterocycles. The van der Waals surface area contributed by atoms with E-state index in [-0.39, 0.29) is 47.5 Å². The molecular weight excluding hydrogens is 498 g/mol. The number of hydrogen-bond acceptors (Lipinski definition) is 1. The summed E-state index contributed by atoms with van der Waals surface area (Å²) >= 11 is 0. The van der Waals surface area contributed by atoms with Gasteiger partial charge in [0.1, 0.15) is 0 Å². The summed E-state index contributed by atoms with van der Waals surface area (Å²) < 4.78 is 0. The number of hydrogen-bond donors (Lipinski definition) is 0. The molecule has 2 aliphatic carbocycles. The number of fused-ring (bicyclic) bond motifs is 1. The first-order valence-electron chi connectivity index (χ1n) is 10.7. The molecule has 1 aromatic rings. The molecular formula is C28H49NOSi3Ti. The van der Waals surface area contributed by atoms with Crippen molar-refractivity contribution >= 4 is 33.0 Å². The first-order chi connectivity index (χ1) is 13.8. The summed E-state index contributed by atoms with van der Waals surface area (Å²) in [7, 11) is -2.39. The molecule has 1 saturated carbocycles. The Kier molecular flexibility index (Phi) is 21.6. The van der Waals surface area contributed by atoms with Crippen LogP contribution in [0.2, 0.25) is 39.3 Å². The summed E-state index contributed by atoms with van der Waals surface area (Å²) in [5.74, 6) is 0.987. The average Bonchev–Trinajstić information content (AvgIpc) is 3.16. The smallest absolute Gasteiger partial charge is 0.664 e. The van der Waals surface area contributed by atoms with E-state index < -0.39 is 22.1 Å². The molecule has 34 heavy (non-hydrogen) atoms. The fourth-order valence-electron chi connectivity index (χ4n) is 3.19. The van der Waals surface area contributed by atoms with Crippen molar-refractivity contribution in [1.29, 1.82) is 0 Å². The summed E-state index contributed by atoms with van der Waals surface area (Å²) in [5, 5.41) is 2.73. The van der Waals surface area contributed by atoms with Crippen molar-refractivity contribution in [2.24, 2.45) is 11.8 Å². The zero-order valence-corrected chi connectivity index (χ0v) is 25.7. The Morgan fingerprint density at radius 3 is 1.71 bits per heavy atom. The second-order valence-electron chi connectivity index (χ2n) is 9.98. The minimum absolute atomic E-state index is 0. The standard InChI is InChI=1S/C10H22Si2.C9H11.C7H7NO.2CH3.H4Si.Ti/c1-9(11(3,4)5)10(2)12(6,7)8;1-2-5-9-7-3-6-8(9)4-1;8-7(9)6-4-2-1-3-5-6;;;;/h1-2H2,3-8H3;1-2,4-6,8-9H,3,7H2;1-5H,(H2,8,9);2*1H3;1H4;/q;-1;;2*-1;;+4/p-1. The molecule has 1 fully saturated rings. The Balaban J connectivity index is -0.000000189. The second kappa shape index (κ2) is 18.3. The van der Waals surface area contributed by atoms with Crippen molar-refractivity contribution in [1.82, 2.24) is 0 Å². The van der Waals surface area contributed by atoms with Crippen LogP contribution in [0.1, 0.15) is 23.2 Å². The van der Waals surface area contributed by atoms with Gasteiger partial charge in [0.05, 0.1) is 22.1 Å². The predicted octanol–water partition coefficient (Wildman–Crippen LogP) is 7.52. The van der Waals surface area contributed by atoms with E-state index in [0.717, 1.165) is 11.8 Å². The molecule has 0 aromatic heterocycles. The van der Waals surface area contributed by atoms with E-state index in [1.807, 2.05) is 6.07 Å². The molecule has 2 unspecified atom stereocenters. The molecule has 3 rings (SSSR count). The van der Waals surface area contributed by atoms with Gasteiger partial charge in [-0.3, -0.25) is 0 Å². The van der Waals surface area contributed by atoms with Gasteiger partial charge in [-0.2, -0.15) is 6.42 Å². The largest absolute Gasteiger partial charge is 4.00 e. The number of carbonyl (C=O) groups excluding carboxylic acids is 1. The van der Waals surface area contributed by atoms with Crippen LogP contribution < -0.4 is 0 Å². The quantitative estimate of drug-likeness (QED) is 0.218. The normalized spacial score (nSPS) is 17.2. The molecule has 0 spiro atoms. The van der Waals surface area contributed by atoms with Crippen molar-refractivity contribution in [2.45, 2.75) is 52.1 Å². The van der Waals surface area contributed by atoms with Gasteiger partial charge < -0.3 is 31.8 Å². The molecule has 2 atom stereocenters. The number of nitrogens with one attached hydrogen (secondary N) is 1. The summed E-state index contributed by atoms with van der Waals surface area (Å²) in [6, 6.07) is 8.53. The van der Waals surface area contributed by atoms with Crippen molar-refractivity contribution in [3.8, 4) is 0 Å². The van der Waals surface area contributed by atoms with Crippen LogP contribution in [0.5, 0.6) is 0 Å². The molecule has 1 N–H and O–H groups in total. The Bertz CT molecular complexity index is 748. The van der Waals surface area contributed by atoms with E-state index in [9.17, 15) is 4.79 Å². The maximum Gasteiger partial charge on any atom is 4.00 e. The topological polar surface area (TPSA) is 40.9 Å². The third kappa shape index (κ3) is 14.4. The van der Waals surface area contributed by atoms with Gasteiger partial charge in [0.15, 0.2) is 0 Å². The third-order valence-electron chi connectivity index (χ3n) is 5.45. The molecule has 0 radical (unpaired) electrons. The van der Waals surface area contributed by atoms with E-state index in [2.05, 4.69) is 83.2 Å². The molecule has 2 nitrogen and oxygen atoms in total. The number of carbonyl (C=O) groups is 1. The van der Waals surface area contributed by atoms with Crippen LogP contribution in [0, 0.1) is 33.1 Å². The summed E-state index contributed by atoms with van der Waals surface area (Å²) in [4.78, 5) is 10.3. The molecule has 188 valence electrons. The zero-order chi connectivity index (χ0) is 22.9. The maximum absolute atomic E-state index is 10.3. The van der Waals surface area contributed by atoms with Gasteiger partial charge in [-0.15, -0.1) is 12.0 Å². The first kappa shape index (κ1) is 40.2. The van der Waals surface area contributed by atoms with Gasteiger partial charge in [-0.25, -0.2) is 0 Å². The maximum atomic E-state index is 10.3. The first-order valence-corrected chi connectivity index (χ1v) is 17.7. The van der Waals surface area contributed by atoms with E-state index in [0.29, 0.717) is 5.56 Å². The van der Waals surface area contributed by atoms with E-state index >= 15 is 0 Å². The summed E-state index contributed by atoms with van der Waals surface area (Å²) in [6.45, 7) is 22.4. The molecule has 2 aliphatic rings. The van der Waals surface area contributed by atoms with E-state index in [4.69, 9.17) is 5.73 Å². The summed E-state index contributed by atoms with van der Waals surface area (Å²) in [6.07, 6.45) is 14.1. The molecule has 1 aromatic carbocycles. The average molecular weight is 548 g/mol. The van der Waals surface area contributed by atoms with Gasteiger partial charge in [-0.1, -0.05) is 118 Å². The Morgan fingerprint density at radius 2 is 1.35 bits per heavy atom. The number of rotatable bonds is 4. The monoisotopic (exact) mass is 547 g/mol. The zero-order valence-electron chi connectivity index (χ0n) is 22.2. The Labute approximate surface area is 233 Å². The minimum Gasteiger partial charge on any atom is -0.664 e. The van der Waals surface area contributed by atoms with Gasteiger partial charge in [0.2, 0.25) is 0 Å². The molecule has 0 aliphatic heterocycles. The van der Waals surface area contributed by atoms with Gasteiger partial charge in [0, 0.05) is 0 Å². The van der Waals surface area contributed by atoms with Crippen LogP contribution in [0.25, 0.3) is 5.73 Å². The SMILES string of the molecule is C1=CC2[CH-]CCC2C=C1.C=C(C(=C)[Si](C)(C)C)[Si](C)(C)C.[CH3-].[CH3-].[NH-]C(=O)c1ccccc1.[SiH4].[Ti+4]. The van der Waals surface area contributed by atoms with Gasteiger partial charge in [-0.05, 0) is 22.4 Å². The predicted molar refractivity (Wildman–Crippen MR) is 163 cm³/mol. The van der Waals surface area contributed by atoms with Gasteiger partial charge >= 0.3 is 21.7 Å². The van der Waals surface area contributed by atoms with Crippen LogP contribution >= 0.6 is 0 Å². The molecule has 1 amide bonds. The second-order valence-corrected chi connectivity index (χ2v) is 20.2. The van der Waals surface area contributed by atoms with Crippen LogP contribution in [0.15, 0.2) is 78.2 Å². The van der Waals surface area contributed by atoms with Crippen LogP contribution in [0.4, 0.5) is 0 Å². The fraction of sp³-hybridized carbons (Fsp3) is 0.357. The molecule has 0 heterocycles. The summed E-state index contributed by atoms with van der Waals surface area (Å²) in [5.41, 5.74) is 7.12. The van der Waals surface area contributed by atoms with Crippen LogP contribution in [0.3, 0.4) is 0 Å².